The number of hydrogen-bond acceptors (Lipinski definition) is 6. The Morgan fingerprint density at radius 2 is 1.97 bits per heavy atom. The standard InChI is InChI=1S/C30H28FN5O3/c1-35-15-20(13-25(29(35)38)34-27-8-7-21(32)14-33-27)22-3-2-4-26(23(22)16-37)36-10-9-18-11-19(17-5-6-17)12-24(31)28(18)30(36)39/h2-4,7-8,11-15,17,37H,5-6,9-10,16,32H2,1H3,(H,33,34). The van der Waals surface area contributed by atoms with Gasteiger partial charge in [-0.1, -0.05) is 18.2 Å². The molecule has 0 radical (unpaired) electrons. The number of benzene rings is 2. The third-order valence-electron chi connectivity index (χ3n) is 7.45. The Morgan fingerprint density at radius 1 is 1.15 bits per heavy atom. The Kier molecular flexibility index (Phi) is 6.15. The van der Waals surface area contributed by atoms with Crippen molar-refractivity contribution in [2.24, 2.45) is 7.05 Å². The van der Waals surface area contributed by atoms with E-state index in [1.54, 1.807) is 43.6 Å². The number of aryl methyl sites for hydroxylation is 1. The molecule has 1 saturated carbocycles. The van der Waals surface area contributed by atoms with Crippen LogP contribution in [0.15, 0.2) is 65.7 Å². The Morgan fingerprint density at radius 3 is 2.69 bits per heavy atom. The Labute approximate surface area is 224 Å². The molecule has 8 nitrogen and oxygen atoms in total. The molecule has 3 heterocycles. The number of nitrogen functional groups attached to an aromatic ring is 1. The highest BCUT2D eigenvalue weighted by Gasteiger charge is 2.33. The van der Waals surface area contributed by atoms with Crippen LogP contribution in [0.3, 0.4) is 0 Å². The van der Waals surface area contributed by atoms with E-state index >= 15 is 4.39 Å². The first-order valence-electron chi connectivity index (χ1n) is 12.9. The average Bonchev–Trinajstić information content (AvgIpc) is 3.78. The Bertz CT molecular complexity index is 1660. The van der Waals surface area contributed by atoms with E-state index in [0.717, 1.165) is 24.0 Å². The number of nitrogens with zero attached hydrogens (tertiary/aromatic N) is 3. The number of amides is 1. The summed E-state index contributed by atoms with van der Waals surface area (Å²) in [4.78, 5) is 32.2. The highest BCUT2D eigenvalue weighted by Crippen LogP contribution is 2.42. The second kappa shape index (κ2) is 9.67. The van der Waals surface area contributed by atoms with Crippen molar-refractivity contribution in [1.29, 1.82) is 0 Å². The number of anilines is 4. The van der Waals surface area contributed by atoms with E-state index in [1.807, 2.05) is 12.1 Å². The van der Waals surface area contributed by atoms with Gasteiger partial charge in [-0.2, -0.15) is 0 Å². The van der Waals surface area contributed by atoms with E-state index in [0.29, 0.717) is 52.8 Å². The summed E-state index contributed by atoms with van der Waals surface area (Å²) >= 11 is 0. The van der Waals surface area contributed by atoms with Gasteiger partial charge >= 0.3 is 0 Å². The quantitative estimate of drug-likeness (QED) is 0.342. The van der Waals surface area contributed by atoms with Gasteiger partial charge < -0.3 is 25.6 Å². The van der Waals surface area contributed by atoms with Crippen LogP contribution in [0.4, 0.5) is 27.3 Å². The first-order valence-corrected chi connectivity index (χ1v) is 12.9. The molecule has 39 heavy (non-hydrogen) atoms. The number of aliphatic hydroxyl groups excluding tert-OH is 1. The van der Waals surface area contributed by atoms with Crippen molar-refractivity contribution in [3.8, 4) is 11.1 Å². The average molecular weight is 526 g/mol. The number of hydrogen-bond donors (Lipinski definition) is 3. The van der Waals surface area contributed by atoms with Crippen molar-refractivity contribution in [3.05, 3.63) is 99.3 Å². The molecule has 1 fully saturated rings. The first kappa shape index (κ1) is 24.8. The van der Waals surface area contributed by atoms with Gasteiger partial charge in [-0.3, -0.25) is 9.59 Å². The van der Waals surface area contributed by atoms with Crippen molar-refractivity contribution in [1.82, 2.24) is 9.55 Å². The van der Waals surface area contributed by atoms with E-state index in [-0.39, 0.29) is 23.4 Å². The number of nitrogens with two attached hydrogens (primary N) is 1. The van der Waals surface area contributed by atoms with Gasteiger partial charge in [-0.05, 0) is 72.2 Å². The van der Waals surface area contributed by atoms with Gasteiger partial charge in [0.25, 0.3) is 11.5 Å². The van der Waals surface area contributed by atoms with E-state index in [9.17, 15) is 14.7 Å². The third kappa shape index (κ3) is 4.55. The van der Waals surface area contributed by atoms with Crippen molar-refractivity contribution < 1.29 is 14.3 Å². The summed E-state index contributed by atoms with van der Waals surface area (Å²) in [7, 11) is 1.64. The van der Waals surface area contributed by atoms with E-state index in [4.69, 9.17) is 5.73 Å². The molecule has 1 aliphatic heterocycles. The van der Waals surface area contributed by atoms with Gasteiger partial charge in [0.1, 0.15) is 17.3 Å². The molecule has 2 aliphatic rings. The predicted molar refractivity (Wildman–Crippen MR) is 149 cm³/mol. The lowest BCUT2D eigenvalue weighted by atomic mass is 9.92. The Balaban J connectivity index is 1.38. The van der Waals surface area contributed by atoms with Gasteiger partial charge in [-0.25, -0.2) is 9.37 Å². The molecular weight excluding hydrogens is 497 g/mol. The van der Waals surface area contributed by atoms with Gasteiger partial charge in [0.2, 0.25) is 0 Å². The number of nitrogens with one attached hydrogen (secondary N) is 1. The molecule has 4 N–H and O–H groups in total. The maximum absolute atomic E-state index is 15.2. The number of pyridine rings is 2. The number of carbonyl (C=O) groups is 1. The molecule has 2 aromatic carbocycles. The van der Waals surface area contributed by atoms with Crippen LogP contribution in [0.1, 0.15) is 45.8 Å². The fourth-order valence-corrected chi connectivity index (χ4v) is 5.30. The minimum absolute atomic E-state index is 0.101. The molecule has 9 heteroatoms. The van der Waals surface area contributed by atoms with Crippen molar-refractivity contribution in [2.45, 2.75) is 31.8 Å². The van der Waals surface area contributed by atoms with E-state index in [1.165, 1.54) is 21.7 Å². The zero-order valence-corrected chi connectivity index (χ0v) is 21.4. The first-order chi connectivity index (χ1) is 18.8. The maximum atomic E-state index is 15.2. The summed E-state index contributed by atoms with van der Waals surface area (Å²) in [6, 6.07) is 13.9. The van der Waals surface area contributed by atoms with Crippen molar-refractivity contribution in [3.63, 3.8) is 0 Å². The minimum Gasteiger partial charge on any atom is -0.397 e. The summed E-state index contributed by atoms with van der Waals surface area (Å²) in [6.45, 7) is 0.0229. The maximum Gasteiger partial charge on any atom is 0.274 e. The largest absolute Gasteiger partial charge is 0.397 e. The van der Waals surface area contributed by atoms with Crippen LogP contribution in [0, 0.1) is 5.82 Å². The zero-order chi connectivity index (χ0) is 27.3. The fraction of sp³-hybridized carbons (Fsp3) is 0.233. The lowest BCUT2D eigenvalue weighted by Gasteiger charge is -2.31. The third-order valence-corrected chi connectivity index (χ3v) is 7.45. The number of aromatic nitrogens is 2. The summed E-state index contributed by atoms with van der Waals surface area (Å²) in [5.74, 6) is -0.0531. The fourth-order valence-electron chi connectivity index (χ4n) is 5.30. The summed E-state index contributed by atoms with van der Waals surface area (Å²) in [6.07, 6.45) is 5.81. The molecule has 0 saturated heterocycles. The SMILES string of the molecule is Cn1cc(-c2cccc(N3CCc4cc(C5CC5)cc(F)c4C3=O)c2CO)cc(Nc2ccc(N)cn2)c1=O. The molecule has 2 aromatic heterocycles. The molecule has 1 aliphatic carbocycles. The molecular formula is C30H28FN5O3. The van der Waals surface area contributed by atoms with Gasteiger partial charge in [0, 0.05) is 30.9 Å². The summed E-state index contributed by atoms with van der Waals surface area (Å²) in [5.41, 5.74) is 10.4. The summed E-state index contributed by atoms with van der Waals surface area (Å²) < 4.78 is 16.6. The minimum atomic E-state index is -0.490. The second-order valence-electron chi connectivity index (χ2n) is 10.1. The monoisotopic (exact) mass is 525 g/mol. The molecule has 0 spiro atoms. The highest BCUT2D eigenvalue weighted by molar-refractivity contribution is 6.09. The van der Waals surface area contributed by atoms with Gasteiger partial charge in [0.05, 0.1) is 29.7 Å². The molecule has 4 aromatic rings. The second-order valence-corrected chi connectivity index (χ2v) is 10.1. The zero-order valence-electron chi connectivity index (χ0n) is 21.4. The lowest BCUT2D eigenvalue weighted by Crippen LogP contribution is -2.39. The predicted octanol–water partition coefficient (Wildman–Crippen LogP) is 4.48. The highest BCUT2D eigenvalue weighted by atomic mass is 19.1. The number of rotatable bonds is 6. The normalized spacial score (nSPS) is 14.8. The van der Waals surface area contributed by atoms with Crippen LogP contribution in [0.2, 0.25) is 0 Å². The molecule has 6 rings (SSSR count). The van der Waals surface area contributed by atoms with Gasteiger partial charge in [-0.15, -0.1) is 0 Å². The van der Waals surface area contributed by atoms with Gasteiger partial charge in [0.15, 0.2) is 0 Å². The van der Waals surface area contributed by atoms with Crippen LogP contribution in [0.25, 0.3) is 11.1 Å². The van der Waals surface area contributed by atoms with E-state index in [2.05, 4.69) is 10.3 Å². The topological polar surface area (TPSA) is 113 Å². The van der Waals surface area contributed by atoms with Crippen LogP contribution >= 0.6 is 0 Å². The number of carbonyl (C=O) groups excluding carboxylic acids is 1. The molecule has 0 bridgehead atoms. The number of halogens is 1. The smallest absolute Gasteiger partial charge is 0.274 e. The van der Waals surface area contributed by atoms with Crippen LogP contribution in [-0.2, 0) is 20.1 Å². The Hall–Kier alpha value is -4.50. The molecule has 198 valence electrons. The summed E-state index contributed by atoms with van der Waals surface area (Å²) in [5, 5.41) is 13.5. The molecule has 0 atom stereocenters. The lowest BCUT2D eigenvalue weighted by molar-refractivity contribution is 0.0976. The number of fused-ring (bicyclic) bond motifs is 1. The van der Waals surface area contributed by atoms with Crippen molar-refractivity contribution in [2.75, 3.05) is 22.5 Å². The van der Waals surface area contributed by atoms with Crippen LogP contribution in [0.5, 0.6) is 0 Å². The van der Waals surface area contributed by atoms with Crippen LogP contribution < -0.4 is 21.5 Å². The van der Waals surface area contributed by atoms with E-state index < -0.39 is 11.7 Å². The number of aliphatic hydroxyl groups is 1. The van der Waals surface area contributed by atoms with Crippen LogP contribution in [-0.4, -0.2) is 27.1 Å². The van der Waals surface area contributed by atoms with Crippen molar-refractivity contribution >= 4 is 28.8 Å². The molecule has 0 unspecified atom stereocenters. The molecule has 1 amide bonds.